The second kappa shape index (κ2) is 18.9. The number of aliphatic imine (C=N–C) groups is 2. The van der Waals surface area contributed by atoms with Gasteiger partial charge in [0.1, 0.15) is 0 Å². The van der Waals surface area contributed by atoms with Crippen molar-refractivity contribution in [3.63, 3.8) is 0 Å². The third-order valence-corrected chi connectivity index (χ3v) is 9.21. The van der Waals surface area contributed by atoms with E-state index in [1.807, 2.05) is 57.2 Å². The average molecular weight is 795 g/mol. The molecule has 7 rings (SSSR count). The van der Waals surface area contributed by atoms with Crippen molar-refractivity contribution >= 4 is 47.7 Å². The number of carboxylic acid groups (broad SMARTS) is 2. The summed E-state index contributed by atoms with van der Waals surface area (Å²) in [6.45, 7) is 15.0. The van der Waals surface area contributed by atoms with Gasteiger partial charge in [0.2, 0.25) is 0 Å². The van der Waals surface area contributed by atoms with Crippen molar-refractivity contribution in [1.82, 2.24) is 19.9 Å². The summed E-state index contributed by atoms with van der Waals surface area (Å²) in [4.78, 5) is 49.2. The summed E-state index contributed by atoms with van der Waals surface area (Å²) in [5.74, 6) is -4.34. The third kappa shape index (κ3) is 9.74. The number of carboxylic acids is 2. The quantitative estimate of drug-likeness (QED) is 0.260. The van der Waals surface area contributed by atoms with Gasteiger partial charge in [-0.25, -0.2) is 9.98 Å². The van der Waals surface area contributed by atoms with Crippen molar-refractivity contribution in [1.29, 1.82) is 0 Å². The first-order valence-electron chi connectivity index (χ1n) is 17.5. The Morgan fingerprint density at radius 1 is 0.821 bits per heavy atom. The molecular formula is C43H42FeN6O6. The predicted molar refractivity (Wildman–Crippen MR) is 210 cm³/mol. The van der Waals surface area contributed by atoms with Crippen LogP contribution in [0.25, 0.3) is 24.3 Å². The minimum Gasteiger partial charge on any atom is -0.657 e. The van der Waals surface area contributed by atoms with Crippen LogP contribution in [0.1, 0.15) is 63.9 Å². The number of aliphatic hydroxyl groups is 1. The van der Waals surface area contributed by atoms with Crippen molar-refractivity contribution in [2.45, 2.75) is 59.3 Å². The second-order valence-electron chi connectivity index (χ2n) is 12.7. The molecule has 0 aromatic carbocycles. The van der Waals surface area contributed by atoms with Crippen LogP contribution >= 0.6 is 0 Å². The molecule has 0 saturated heterocycles. The van der Waals surface area contributed by atoms with Crippen LogP contribution in [0.15, 0.2) is 118 Å². The SMILES string of the molecule is C=CC1=C(C)C2(O)N=C1C=c1[n-]/c(c(CCC(=O)[O-])c1C)=C\C1=NC(=C\c3[n-]c(c(C=C)c3C)O2)/C(C)=C1CCC(=O)[O-].[Fe+2].[H+].[H+].c1ccncc1.c1ccncc1. The summed E-state index contributed by atoms with van der Waals surface area (Å²) in [6, 6.07) is 11.4. The van der Waals surface area contributed by atoms with Gasteiger partial charge in [0.25, 0.3) is 0 Å². The van der Waals surface area contributed by atoms with Gasteiger partial charge in [0.05, 0.1) is 17.1 Å². The number of pyridine rings is 2. The largest absolute Gasteiger partial charge is 2.00 e. The number of aromatic nitrogens is 4. The standard InChI is InChI=1S/C33H34N4O6.2C5H5N.Fe/c1-7-20-16(3)26-13-24-17(4)22(9-11-30(38)39)27(34-24)15-28-23(10-12-31(40)41)18(5)25(35-28)14-29-21(8-2)19(6)33(42,37-29)43-32(20)36-26;2*1-2-4-6-5-3-1;/h7-8,13-15,42H,1-2,9-12H2,3-6H3,(H4,34,35,36,37,38,39,40,41);2*1-5H;/q;;;+2/p-2. The Bertz CT molecular complexity index is 2330. The number of fused-ring (bicyclic) bond motifs is 6. The molecule has 3 aliphatic heterocycles. The van der Waals surface area contributed by atoms with Gasteiger partial charge in [-0.3, -0.25) is 9.97 Å². The zero-order valence-electron chi connectivity index (χ0n) is 33.4. The molecule has 8 bridgehead atoms. The first-order chi connectivity index (χ1) is 26.4. The maximum absolute atomic E-state index is 11.6. The van der Waals surface area contributed by atoms with Gasteiger partial charge < -0.3 is 39.6 Å². The number of aliphatic carboxylic acids is 2. The van der Waals surface area contributed by atoms with Crippen LogP contribution in [0.4, 0.5) is 0 Å². The van der Waals surface area contributed by atoms with E-state index in [1.54, 1.807) is 62.1 Å². The maximum Gasteiger partial charge on any atom is 2.00 e. The van der Waals surface area contributed by atoms with Gasteiger partial charge in [0, 0.05) is 53.8 Å². The van der Waals surface area contributed by atoms with E-state index < -0.39 is 17.8 Å². The Morgan fingerprint density at radius 3 is 1.93 bits per heavy atom. The summed E-state index contributed by atoms with van der Waals surface area (Å²) in [6.07, 6.45) is 15.2. The Hall–Kier alpha value is -6.14. The molecule has 4 aromatic heterocycles. The second-order valence-corrected chi connectivity index (χ2v) is 12.7. The van der Waals surface area contributed by atoms with Crippen LogP contribution in [0, 0.1) is 13.8 Å². The van der Waals surface area contributed by atoms with Gasteiger partial charge in [-0.2, -0.15) is 0 Å². The van der Waals surface area contributed by atoms with E-state index >= 15 is 0 Å². The number of hydrogen-bond acceptors (Lipinski definition) is 10. The molecule has 4 aromatic rings. The summed E-state index contributed by atoms with van der Waals surface area (Å²) in [5, 5.41) is 35.4. The third-order valence-electron chi connectivity index (χ3n) is 9.21. The zero-order valence-corrected chi connectivity index (χ0v) is 32.5. The first kappa shape index (κ1) is 42.6. The van der Waals surface area contributed by atoms with Crippen LogP contribution in [0.3, 0.4) is 0 Å². The summed E-state index contributed by atoms with van der Waals surface area (Å²) >= 11 is 0. The van der Waals surface area contributed by atoms with E-state index in [0.29, 0.717) is 61.4 Å². The minimum atomic E-state index is -2.08. The molecular weight excluding hydrogens is 752 g/mol. The van der Waals surface area contributed by atoms with Crippen LogP contribution in [-0.2, 0) is 33.1 Å². The molecule has 0 spiro atoms. The van der Waals surface area contributed by atoms with Crippen LogP contribution in [0.5, 0.6) is 5.88 Å². The van der Waals surface area contributed by atoms with E-state index in [1.165, 1.54) is 0 Å². The van der Waals surface area contributed by atoms with E-state index in [0.717, 1.165) is 16.7 Å². The normalized spacial score (nSPS) is 18.0. The molecule has 7 heterocycles. The number of hydrogen-bond donors (Lipinski definition) is 1. The molecule has 0 saturated carbocycles. The van der Waals surface area contributed by atoms with Crippen LogP contribution in [-0.4, -0.2) is 44.3 Å². The molecule has 1 N–H and O–H groups in total. The first-order valence-corrected chi connectivity index (χ1v) is 17.5. The summed E-state index contributed by atoms with van der Waals surface area (Å²) < 4.78 is 6.08. The monoisotopic (exact) mass is 794 g/mol. The molecule has 0 fully saturated rings. The molecule has 0 radical (unpaired) electrons. The number of carbonyl (C=O) groups is 2. The Morgan fingerprint density at radius 2 is 1.41 bits per heavy atom. The molecule has 288 valence electrons. The topological polar surface area (TPSA) is 188 Å². The number of rotatable bonds is 8. The van der Waals surface area contributed by atoms with Gasteiger partial charge in [-0.15, -0.1) is 16.4 Å². The van der Waals surface area contributed by atoms with E-state index in [4.69, 9.17) is 14.7 Å². The van der Waals surface area contributed by atoms with Crippen molar-refractivity contribution in [3.05, 3.63) is 147 Å². The van der Waals surface area contributed by atoms with Gasteiger partial charge in [-0.1, -0.05) is 72.4 Å². The Labute approximate surface area is 338 Å². The molecule has 0 aliphatic carbocycles. The van der Waals surface area contributed by atoms with Gasteiger partial charge in [0.15, 0.2) is 0 Å². The molecule has 3 aliphatic rings. The van der Waals surface area contributed by atoms with E-state index in [2.05, 4.69) is 33.1 Å². The van der Waals surface area contributed by atoms with Gasteiger partial charge in [-0.05, 0) is 94.4 Å². The van der Waals surface area contributed by atoms with Crippen LogP contribution < -0.4 is 35.6 Å². The van der Waals surface area contributed by atoms with Gasteiger partial charge >= 0.3 is 25.8 Å². The molecule has 12 nitrogen and oxygen atoms in total. The van der Waals surface area contributed by atoms with Crippen molar-refractivity contribution in [3.8, 4) is 5.88 Å². The average Bonchev–Trinajstić information content (AvgIpc) is 3.82. The predicted octanol–water partition coefficient (Wildman–Crippen LogP) is 2.83. The fourth-order valence-electron chi connectivity index (χ4n) is 6.16. The summed E-state index contributed by atoms with van der Waals surface area (Å²) in [5.41, 5.74) is 7.09. The molecule has 1 unspecified atom stereocenters. The molecule has 0 amide bonds. The Balaban J connectivity index is 0.000000662. The maximum atomic E-state index is 11.6. The van der Waals surface area contributed by atoms with E-state index in [9.17, 15) is 24.9 Å². The fraction of sp³-hybridized carbons (Fsp3) is 0.209. The molecule has 13 heteroatoms. The van der Waals surface area contributed by atoms with Crippen molar-refractivity contribution in [2.24, 2.45) is 9.98 Å². The fourth-order valence-corrected chi connectivity index (χ4v) is 6.16. The smallest absolute Gasteiger partial charge is 0.657 e. The number of ether oxygens (including phenoxy) is 1. The van der Waals surface area contributed by atoms with E-state index in [-0.39, 0.29) is 51.5 Å². The minimum absolute atomic E-state index is 0. The summed E-state index contributed by atoms with van der Waals surface area (Å²) in [7, 11) is 0. The zero-order chi connectivity index (χ0) is 39.7. The molecule has 56 heavy (non-hydrogen) atoms. The number of allylic oxidation sites excluding steroid dienone is 4. The van der Waals surface area contributed by atoms with Crippen molar-refractivity contribution in [2.75, 3.05) is 0 Å². The Kier molecular flexibility index (Phi) is 14.4. The van der Waals surface area contributed by atoms with Crippen LogP contribution in [0.2, 0.25) is 0 Å². The molecule has 1 atom stereocenters. The number of nitrogens with zero attached hydrogens (tertiary/aromatic N) is 6. The van der Waals surface area contributed by atoms with Crippen molar-refractivity contribution < 1.29 is 49.6 Å². The number of carbonyl (C=O) groups excluding carboxylic acids is 2.